The van der Waals surface area contributed by atoms with Crippen molar-refractivity contribution < 1.29 is 18.6 Å². The first-order valence-corrected chi connectivity index (χ1v) is 8.29. The van der Waals surface area contributed by atoms with E-state index in [9.17, 15) is 13.9 Å². The molecule has 2 aromatic rings. The van der Waals surface area contributed by atoms with E-state index in [1.807, 2.05) is 25.1 Å². The van der Waals surface area contributed by atoms with Crippen molar-refractivity contribution in [2.24, 2.45) is 5.92 Å². The summed E-state index contributed by atoms with van der Waals surface area (Å²) in [6, 6.07) is 8.58. The van der Waals surface area contributed by atoms with Crippen molar-refractivity contribution >= 4 is 0 Å². The molecule has 2 aromatic carbocycles. The van der Waals surface area contributed by atoms with Crippen LogP contribution < -0.4 is 4.74 Å². The molecule has 0 saturated heterocycles. The van der Waals surface area contributed by atoms with Crippen molar-refractivity contribution in [2.45, 2.75) is 32.1 Å². The molecule has 0 bridgehead atoms. The van der Waals surface area contributed by atoms with E-state index in [1.54, 1.807) is 7.11 Å². The first-order chi connectivity index (χ1) is 11.5. The molecule has 1 aliphatic rings. The molecule has 128 valence electrons. The van der Waals surface area contributed by atoms with Gasteiger partial charge in [-0.2, -0.15) is 0 Å². The molecule has 2 atom stereocenters. The van der Waals surface area contributed by atoms with E-state index in [4.69, 9.17) is 4.74 Å². The molecular formula is C20H22F2O2. The van der Waals surface area contributed by atoms with Gasteiger partial charge in [-0.05, 0) is 71.7 Å². The maximum Gasteiger partial charge on any atom is 0.159 e. The van der Waals surface area contributed by atoms with Crippen molar-refractivity contribution in [3.63, 3.8) is 0 Å². The first-order valence-electron chi connectivity index (χ1n) is 8.29. The van der Waals surface area contributed by atoms with Gasteiger partial charge in [0, 0.05) is 12.5 Å². The molecule has 24 heavy (non-hydrogen) atoms. The third-order valence-corrected chi connectivity index (χ3v) is 4.90. The number of hydrogen-bond donors (Lipinski definition) is 1. The standard InChI is InChI=1S/C20H22F2O2/c1-12(11-23)7-18-16-6-5-15(24-2)8-13(16)3-4-14-9-19(21)20(22)10-17(14)18/h5-6,8-10,12,18,23H,3-4,7,11H2,1-2H3. The zero-order chi connectivity index (χ0) is 17.3. The van der Waals surface area contributed by atoms with E-state index in [-0.39, 0.29) is 18.4 Å². The number of methoxy groups -OCH3 is 1. The van der Waals surface area contributed by atoms with Gasteiger partial charge in [-0.1, -0.05) is 13.0 Å². The Hall–Kier alpha value is -1.94. The van der Waals surface area contributed by atoms with Crippen LogP contribution in [-0.4, -0.2) is 18.8 Å². The minimum absolute atomic E-state index is 0.0549. The Morgan fingerprint density at radius 2 is 1.75 bits per heavy atom. The molecule has 0 fully saturated rings. The summed E-state index contributed by atoms with van der Waals surface area (Å²) < 4.78 is 32.9. The molecule has 0 amide bonds. The monoisotopic (exact) mass is 332 g/mol. The number of benzene rings is 2. The van der Waals surface area contributed by atoms with E-state index in [0.717, 1.165) is 34.4 Å². The van der Waals surface area contributed by atoms with Gasteiger partial charge in [-0.25, -0.2) is 8.78 Å². The summed E-state index contributed by atoms with van der Waals surface area (Å²) in [6.07, 6.45) is 2.11. The van der Waals surface area contributed by atoms with Crippen LogP contribution >= 0.6 is 0 Å². The predicted octanol–water partition coefficient (Wildman–Crippen LogP) is 4.22. The zero-order valence-electron chi connectivity index (χ0n) is 14.0. The van der Waals surface area contributed by atoms with Crippen molar-refractivity contribution in [3.8, 4) is 5.75 Å². The molecule has 0 saturated carbocycles. The van der Waals surface area contributed by atoms with E-state index in [2.05, 4.69) is 0 Å². The number of halogens is 2. The summed E-state index contributed by atoms with van der Waals surface area (Å²) in [5.74, 6) is -0.811. The van der Waals surface area contributed by atoms with Gasteiger partial charge in [-0.15, -0.1) is 0 Å². The van der Waals surface area contributed by atoms with Crippen LogP contribution in [0, 0.1) is 17.6 Å². The minimum Gasteiger partial charge on any atom is -0.497 e. The highest BCUT2D eigenvalue weighted by Crippen LogP contribution is 2.40. The van der Waals surface area contributed by atoms with Crippen LogP contribution in [0.4, 0.5) is 8.78 Å². The Balaban J connectivity index is 2.14. The number of fused-ring (bicyclic) bond motifs is 2. The largest absolute Gasteiger partial charge is 0.497 e. The lowest BCUT2D eigenvalue weighted by Crippen LogP contribution is -2.12. The molecule has 4 heteroatoms. The SMILES string of the molecule is COc1ccc2c(c1)CCc1cc(F)c(F)cc1C2CC(C)CO. The highest BCUT2D eigenvalue weighted by molar-refractivity contribution is 5.47. The lowest BCUT2D eigenvalue weighted by atomic mass is 9.82. The van der Waals surface area contributed by atoms with E-state index >= 15 is 0 Å². The molecule has 0 heterocycles. The second-order valence-electron chi connectivity index (χ2n) is 6.61. The van der Waals surface area contributed by atoms with Crippen molar-refractivity contribution in [2.75, 3.05) is 13.7 Å². The molecule has 2 nitrogen and oxygen atoms in total. The number of aryl methyl sites for hydroxylation is 2. The molecule has 0 spiro atoms. The molecule has 0 aliphatic heterocycles. The summed E-state index contributed by atoms with van der Waals surface area (Å²) >= 11 is 0. The first kappa shape index (κ1) is 16.9. The fourth-order valence-electron chi connectivity index (χ4n) is 3.58. The molecule has 0 radical (unpaired) electrons. The Bertz CT molecular complexity index is 743. The Kier molecular flexibility index (Phi) is 4.86. The number of aliphatic hydroxyl groups excluding tert-OH is 1. The van der Waals surface area contributed by atoms with E-state index in [1.165, 1.54) is 12.1 Å². The number of rotatable bonds is 4. The number of ether oxygens (including phenoxy) is 1. The average molecular weight is 332 g/mol. The van der Waals surface area contributed by atoms with Crippen LogP contribution in [0.15, 0.2) is 30.3 Å². The third kappa shape index (κ3) is 3.16. The van der Waals surface area contributed by atoms with Crippen molar-refractivity contribution in [1.82, 2.24) is 0 Å². The number of aliphatic hydroxyl groups is 1. The van der Waals surface area contributed by atoms with Crippen LogP contribution in [-0.2, 0) is 12.8 Å². The average Bonchev–Trinajstić information content (AvgIpc) is 2.72. The van der Waals surface area contributed by atoms with Gasteiger partial charge in [0.1, 0.15) is 5.75 Å². The molecule has 1 aliphatic carbocycles. The quantitative estimate of drug-likeness (QED) is 0.908. The highest BCUT2D eigenvalue weighted by Gasteiger charge is 2.27. The van der Waals surface area contributed by atoms with Gasteiger partial charge in [0.05, 0.1) is 7.11 Å². The van der Waals surface area contributed by atoms with Gasteiger partial charge in [0.25, 0.3) is 0 Å². The Morgan fingerprint density at radius 1 is 1.08 bits per heavy atom. The summed E-state index contributed by atoms with van der Waals surface area (Å²) in [5.41, 5.74) is 3.93. The molecule has 2 unspecified atom stereocenters. The predicted molar refractivity (Wildman–Crippen MR) is 89.5 cm³/mol. The lowest BCUT2D eigenvalue weighted by molar-refractivity contribution is 0.226. The summed E-state index contributed by atoms with van der Waals surface area (Å²) in [4.78, 5) is 0. The van der Waals surface area contributed by atoms with Gasteiger partial charge in [0.15, 0.2) is 11.6 Å². The summed E-state index contributed by atoms with van der Waals surface area (Å²) in [5, 5.41) is 9.46. The summed E-state index contributed by atoms with van der Waals surface area (Å²) in [7, 11) is 1.63. The molecule has 0 aromatic heterocycles. The van der Waals surface area contributed by atoms with Crippen LogP contribution in [0.2, 0.25) is 0 Å². The van der Waals surface area contributed by atoms with Crippen LogP contribution in [0.1, 0.15) is 41.5 Å². The second-order valence-corrected chi connectivity index (χ2v) is 6.61. The van der Waals surface area contributed by atoms with Gasteiger partial charge in [0.2, 0.25) is 0 Å². The van der Waals surface area contributed by atoms with Gasteiger partial charge >= 0.3 is 0 Å². The zero-order valence-corrected chi connectivity index (χ0v) is 14.0. The molecule has 1 N–H and O–H groups in total. The van der Waals surface area contributed by atoms with Crippen LogP contribution in [0.5, 0.6) is 5.75 Å². The summed E-state index contributed by atoms with van der Waals surface area (Å²) in [6.45, 7) is 2.04. The molecule has 3 rings (SSSR count). The maximum absolute atomic E-state index is 13.9. The molecular weight excluding hydrogens is 310 g/mol. The Morgan fingerprint density at radius 3 is 2.42 bits per heavy atom. The fraction of sp³-hybridized carbons (Fsp3) is 0.400. The third-order valence-electron chi connectivity index (χ3n) is 4.90. The topological polar surface area (TPSA) is 29.5 Å². The highest BCUT2D eigenvalue weighted by atomic mass is 19.2. The lowest BCUT2D eigenvalue weighted by Gasteiger charge is -2.23. The van der Waals surface area contributed by atoms with Crippen molar-refractivity contribution in [1.29, 1.82) is 0 Å². The second kappa shape index (κ2) is 6.89. The van der Waals surface area contributed by atoms with Crippen molar-refractivity contribution in [3.05, 3.63) is 64.2 Å². The van der Waals surface area contributed by atoms with E-state index in [0.29, 0.717) is 12.8 Å². The number of hydrogen-bond acceptors (Lipinski definition) is 2. The maximum atomic E-state index is 13.9. The van der Waals surface area contributed by atoms with Crippen LogP contribution in [0.25, 0.3) is 0 Å². The smallest absolute Gasteiger partial charge is 0.159 e. The minimum atomic E-state index is -0.813. The van der Waals surface area contributed by atoms with Gasteiger partial charge in [-0.3, -0.25) is 0 Å². The Labute approximate surface area is 141 Å². The fourth-order valence-corrected chi connectivity index (χ4v) is 3.58. The van der Waals surface area contributed by atoms with E-state index < -0.39 is 11.6 Å². The van der Waals surface area contributed by atoms with Gasteiger partial charge < -0.3 is 9.84 Å². The van der Waals surface area contributed by atoms with Crippen LogP contribution in [0.3, 0.4) is 0 Å². The normalized spacial score (nSPS) is 17.6.